The molecule has 5 aliphatic rings. The molecule has 4 fully saturated rings. The Bertz CT molecular complexity index is 2980. The van der Waals surface area contributed by atoms with E-state index < -0.39 is 114 Å². The Morgan fingerprint density at radius 1 is 0.772 bits per heavy atom. The zero-order chi connectivity index (χ0) is 73.9. The number of likely N-dealkylation sites (N-methyl/N-ethyl adjacent to an activating group) is 1. The second kappa shape index (κ2) is 41.8. The third-order valence-electron chi connectivity index (χ3n) is 20.1. The molecule has 7 N–H and O–H groups in total. The minimum Gasteiger partial charge on any atom is -0.459 e. The molecule has 1 aromatic heterocycles. The average Bonchev–Trinajstić information content (AvgIpc) is 0.776. The van der Waals surface area contributed by atoms with Crippen molar-refractivity contribution in [2.24, 2.45) is 35.3 Å². The Kier molecular flexibility index (Phi) is 34.5. The number of aromatic nitrogens is 2. The number of Topliss-reactive ketones (excluding diaryl/α,β-unsaturated/α-hetero) is 3. The van der Waals surface area contributed by atoms with Gasteiger partial charge in [0.1, 0.15) is 36.2 Å². The van der Waals surface area contributed by atoms with Crippen molar-refractivity contribution >= 4 is 53.1 Å². The maximum Gasteiger partial charge on any atom is 0.407 e. The highest BCUT2D eigenvalue weighted by Crippen LogP contribution is 2.38. The van der Waals surface area contributed by atoms with Gasteiger partial charge in [0.15, 0.2) is 5.78 Å². The van der Waals surface area contributed by atoms with Crippen molar-refractivity contribution in [3.05, 3.63) is 65.6 Å². The molecule has 2 bridgehead atoms. The molecule has 3 saturated heterocycles. The van der Waals surface area contributed by atoms with Crippen LogP contribution in [0, 0.1) is 29.6 Å². The first-order chi connectivity index (χ1) is 48.2. The van der Waals surface area contributed by atoms with E-state index in [-0.39, 0.29) is 74.9 Å². The van der Waals surface area contributed by atoms with Gasteiger partial charge in [0, 0.05) is 128 Å². The number of hydrogen-bond acceptors (Lipinski definition) is 24. The molecule has 566 valence electrons. The van der Waals surface area contributed by atoms with Gasteiger partial charge in [-0.3, -0.25) is 33.7 Å². The second-order valence-corrected chi connectivity index (χ2v) is 28.2. The first kappa shape index (κ1) is 83.5. The highest BCUT2D eigenvalue weighted by Gasteiger charge is 2.53. The molecule has 0 radical (unpaired) electrons. The van der Waals surface area contributed by atoms with E-state index in [4.69, 9.17) is 43.6 Å². The number of nitrogens with zero attached hydrogens (tertiary/aromatic N) is 6. The quantitative estimate of drug-likeness (QED) is 0.0389. The zero-order valence-corrected chi connectivity index (χ0v) is 61.3. The predicted molar refractivity (Wildman–Crippen MR) is 374 cm³/mol. The van der Waals surface area contributed by atoms with E-state index in [1.54, 1.807) is 63.2 Å². The number of anilines is 1. The third-order valence-corrected chi connectivity index (χ3v) is 20.1. The van der Waals surface area contributed by atoms with Crippen molar-refractivity contribution < 1.29 is 91.6 Å². The number of piperidine rings is 1. The fourth-order valence-electron chi connectivity index (χ4n) is 13.8. The summed E-state index contributed by atoms with van der Waals surface area (Å²) in [5.41, 5.74) is 8.96. The number of rotatable bonds is 23. The van der Waals surface area contributed by atoms with Gasteiger partial charge in [-0.2, -0.15) is 0 Å². The molecule has 1 aliphatic carbocycles. The number of esters is 1. The smallest absolute Gasteiger partial charge is 0.407 e. The maximum atomic E-state index is 14.8. The van der Waals surface area contributed by atoms with Crippen LogP contribution in [0.3, 0.4) is 0 Å². The molecule has 4 aliphatic heterocycles. The number of aliphatic hydroxyl groups excluding tert-OH is 2. The molecule has 0 unspecified atom stereocenters. The lowest BCUT2D eigenvalue weighted by Crippen LogP contribution is -2.61. The number of allylic oxidation sites excluding steroid dienone is 5. The van der Waals surface area contributed by atoms with Gasteiger partial charge in [0.05, 0.1) is 63.9 Å². The number of ether oxygens (including phenoxy) is 8. The van der Waals surface area contributed by atoms with Crippen molar-refractivity contribution in [1.29, 1.82) is 0 Å². The summed E-state index contributed by atoms with van der Waals surface area (Å²) in [7, 11) is 6.29. The van der Waals surface area contributed by atoms with Crippen LogP contribution in [0.5, 0.6) is 0 Å². The van der Waals surface area contributed by atoms with Crippen LogP contribution in [-0.4, -0.2) is 261 Å². The van der Waals surface area contributed by atoms with Crippen LogP contribution in [0.4, 0.5) is 10.7 Å². The fourth-order valence-corrected chi connectivity index (χ4v) is 13.8. The van der Waals surface area contributed by atoms with Gasteiger partial charge in [-0.15, -0.1) is 0 Å². The molecule has 4 amide bonds. The summed E-state index contributed by atoms with van der Waals surface area (Å²) in [6.45, 7) is 15.9. The van der Waals surface area contributed by atoms with Gasteiger partial charge >= 0.3 is 12.1 Å². The van der Waals surface area contributed by atoms with E-state index in [0.29, 0.717) is 140 Å². The summed E-state index contributed by atoms with van der Waals surface area (Å²) < 4.78 is 47.3. The third kappa shape index (κ3) is 25.7. The Hall–Kier alpha value is -6.44. The van der Waals surface area contributed by atoms with Gasteiger partial charge in [0.25, 0.3) is 11.7 Å². The normalized spacial score (nSPS) is 31.7. The number of ketones is 3. The van der Waals surface area contributed by atoms with Gasteiger partial charge in [-0.05, 0) is 115 Å². The molecule has 6 rings (SSSR count). The minimum atomic E-state index is -2.49. The molecule has 0 aromatic carbocycles. The topological polar surface area (TPSA) is 360 Å². The number of nitrogens with one attached hydrogen (secondary N) is 2. The first-order valence-electron chi connectivity index (χ1n) is 35.9. The summed E-state index contributed by atoms with van der Waals surface area (Å²) in [6, 6.07) is -2.06. The molecule has 0 spiro atoms. The molecule has 5 heterocycles. The van der Waals surface area contributed by atoms with Crippen molar-refractivity contribution in [1.82, 2.24) is 35.3 Å². The van der Waals surface area contributed by atoms with Crippen LogP contribution in [0.25, 0.3) is 0 Å². The molecule has 28 nitrogen and oxygen atoms in total. The van der Waals surface area contributed by atoms with Gasteiger partial charge < -0.3 is 84.3 Å². The summed E-state index contributed by atoms with van der Waals surface area (Å²) >= 11 is 0. The number of alkyl carbamates (subject to hydrolysis) is 1. The number of fused-ring (bicyclic) bond motifs is 3. The van der Waals surface area contributed by atoms with Crippen molar-refractivity contribution in [2.75, 3.05) is 112 Å². The van der Waals surface area contributed by atoms with E-state index in [9.17, 15) is 53.7 Å². The number of carbonyl (C=O) groups is 8. The van der Waals surface area contributed by atoms with Gasteiger partial charge in [0.2, 0.25) is 23.5 Å². The highest BCUT2D eigenvalue weighted by atomic mass is 16.6. The Morgan fingerprint density at radius 2 is 1.48 bits per heavy atom. The van der Waals surface area contributed by atoms with Crippen molar-refractivity contribution in [3.8, 4) is 0 Å². The number of hydrogen-bond donors (Lipinski definition) is 6. The van der Waals surface area contributed by atoms with Crippen LogP contribution in [-0.2, 0) is 78.0 Å². The van der Waals surface area contributed by atoms with E-state index in [1.807, 2.05) is 56.1 Å². The summed E-state index contributed by atoms with van der Waals surface area (Å²) in [5.74, 6) is -7.86. The standard InChI is InChI=1S/C73H115N9O19/c1-46-17-13-12-14-18-47(2)59(94-9)39-55-22-20-51(6)73(93,101-55)68(89)69(90)82-26-16-15-19-57(82)70(91)99-61(40-60(95-10)48(3)36-50(5)66(87)67(88)65(86)49(4)35-46)56(74)37-53-21-23-58(62(38-53)96-11)100-72(92)78-43-54-41-76-71(77-42-54)81-29-27-80(28-30-81)64(85)45-79(8)44-63(84)75-25-32-98-34-33-97-31-24-52(7)83/h12-14,17-18,36,41-42,46,48-49,51,53,55-62,66-67,87-88,93H,15-16,19-35,37-40,43-45,74H2,1-11H3,(H,75,84)(H,78,92)/b14-12+,17-13+,47-18+,50-36+/t46-,48-,49-,51-,53+,55+,56-,57+,58-,59+,60-,61+,62-,66-,67+,73-/m1/s1. The van der Waals surface area contributed by atoms with Crippen LogP contribution < -0.4 is 21.3 Å². The van der Waals surface area contributed by atoms with Crippen LogP contribution in [0.2, 0.25) is 0 Å². The minimum absolute atomic E-state index is 0.0269. The van der Waals surface area contributed by atoms with Crippen LogP contribution in [0.1, 0.15) is 138 Å². The van der Waals surface area contributed by atoms with Crippen LogP contribution >= 0.6 is 0 Å². The molecule has 101 heavy (non-hydrogen) atoms. The number of aliphatic hydroxyl groups is 3. The summed E-state index contributed by atoms with van der Waals surface area (Å²) in [4.78, 5) is 123. The summed E-state index contributed by atoms with van der Waals surface area (Å²) in [6.07, 6.45) is 11.2. The van der Waals surface area contributed by atoms with Gasteiger partial charge in [-0.25, -0.2) is 19.6 Å². The average molecular weight is 1420 g/mol. The molecule has 1 aromatic rings. The molecular formula is C73H115N9O19. The number of piperazine rings is 1. The van der Waals surface area contributed by atoms with E-state index in [2.05, 4.69) is 20.6 Å². The highest BCUT2D eigenvalue weighted by molar-refractivity contribution is 6.39. The van der Waals surface area contributed by atoms with Crippen molar-refractivity contribution in [2.45, 2.75) is 205 Å². The largest absolute Gasteiger partial charge is 0.459 e. The number of nitrogens with two attached hydrogens (primary N) is 1. The first-order valence-corrected chi connectivity index (χ1v) is 35.9. The van der Waals surface area contributed by atoms with E-state index in [1.165, 1.54) is 26.0 Å². The second-order valence-electron chi connectivity index (χ2n) is 28.2. The molecular weight excluding hydrogens is 1310 g/mol. The van der Waals surface area contributed by atoms with Crippen LogP contribution in [0.15, 0.2) is 60.0 Å². The van der Waals surface area contributed by atoms with Gasteiger partial charge in [-0.1, -0.05) is 64.2 Å². The lowest BCUT2D eigenvalue weighted by atomic mass is 9.80. The number of methoxy groups -OCH3 is 3. The Balaban J connectivity index is 1.06. The Morgan fingerprint density at radius 3 is 2.16 bits per heavy atom. The molecule has 16 atom stereocenters. The SMILES string of the molecule is CO[C@H]1C[C@@H]2CC[C@@H](C)[C@@](O)(O2)C(=O)C(=O)N2CCCC[C@H]2C(=O)O[C@H]([C@H](N)C[C@@H]2CC[C@@H](OC(=O)NCc3cnc(N4CCN(C(=O)CN(C)CC(=O)NCCOCCOCCC(C)=O)CC4)nc3)[C@H](OC)C2)C[C@@H](OC)[C@H](C)/C=C(\C)[C@@H](O)[C@@H](O)C(=O)[C@H](C)C[C@H](C)/C=C/C=C/C=C/1C. The molecule has 1 saturated carbocycles. The lowest BCUT2D eigenvalue weighted by molar-refractivity contribution is -0.265. The zero-order valence-electron chi connectivity index (χ0n) is 61.3. The lowest BCUT2D eigenvalue weighted by Gasteiger charge is -2.43. The number of cyclic esters (lactones) is 1. The maximum absolute atomic E-state index is 14.8. The summed E-state index contributed by atoms with van der Waals surface area (Å²) in [5, 5.41) is 40.4. The van der Waals surface area contributed by atoms with E-state index >= 15 is 0 Å². The number of amides is 4. The van der Waals surface area contributed by atoms with Crippen molar-refractivity contribution in [3.63, 3.8) is 0 Å². The van der Waals surface area contributed by atoms with E-state index in [0.717, 1.165) is 5.57 Å². The number of carbonyl (C=O) groups excluding carboxylic acids is 8. The Labute approximate surface area is 595 Å². The monoisotopic (exact) mass is 1420 g/mol. The predicted octanol–water partition coefficient (Wildman–Crippen LogP) is 4.10. The molecule has 28 heteroatoms. The fraction of sp³-hybridized carbons (Fsp3) is 0.726.